The predicted molar refractivity (Wildman–Crippen MR) is 80.2 cm³/mol. The van der Waals surface area contributed by atoms with Crippen LogP contribution in [0.4, 0.5) is 5.69 Å². The molecule has 2 aliphatic rings. The van der Waals surface area contributed by atoms with Gasteiger partial charge in [0.15, 0.2) is 0 Å². The van der Waals surface area contributed by atoms with E-state index in [1.54, 1.807) is 0 Å². The van der Waals surface area contributed by atoms with E-state index < -0.39 is 0 Å². The molecule has 0 spiro atoms. The van der Waals surface area contributed by atoms with Crippen LogP contribution >= 0.6 is 0 Å². The third-order valence-electron chi connectivity index (χ3n) is 4.07. The Kier molecular flexibility index (Phi) is 4.90. The minimum Gasteiger partial charge on any atom is -0.380 e. The summed E-state index contributed by atoms with van der Waals surface area (Å²) >= 11 is 0. The van der Waals surface area contributed by atoms with Crippen LogP contribution in [0.5, 0.6) is 0 Å². The molecule has 110 valence electrons. The fourth-order valence-electron chi connectivity index (χ4n) is 2.81. The molecule has 0 saturated carbocycles. The van der Waals surface area contributed by atoms with Crippen molar-refractivity contribution in [2.24, 2.45) is 0 Å². The SMILES string of the molecule is c1cc(N2CCOCC2)ccc1CNC1CCCOC1. The summed E-state index contributed by atoms with van der Waals surface area (Å²) in [5, 5.41) is 3.58. The summed E-state index contributed by atoms with van der Waals surface area (Å²) in [6.45, 7) is 6.37. The Labute approximate surface area is 121 Å². The Balaban J connectivity index is 1.50. The molecular weight excluding hydrogens is 252 g/mol. The quantitative estimate of drug-likeness (QED) is 0.909. The fourth-order valence-corrected chi connectivity index (χ4v) is 2.81. The molecule has 0 amide bonds. The predicted octanol–water partition coefficient (Wildman–Crippen LogP) is 1.79. The third kappa shape index (κ3) is 3.72. The molecule has 2 fully saturated rings. The lowest BCUT2D eigenvalue weighted by atomic mass is 10.1. The van der Waals surface area contributed by atoms with E-state index in [1.165, 1.54) is 24.1 Å². The topological polar surface area (TPSA) is 33.7 Å². The van der Waals surface area contributed by atoms with Crippen LogP contribution in [0.25, 0.3) is 0 Å². The van der Waals surface area contributed by atoms with E-state index in [-0.39, 0.29) is 0 Å². The Bertz CT molecular complexity index is 395. The van der Waals surface area contributed by atoms with Gasteiger partial charge in [0.25, 0.3) is 0 Å². The first-order chi connectivity index (χ1) is 9.92. The molecule has 2 saturated heterocycles. The van der Waals surface area contributed by atoms with E-state index in [2.05, 4.69) is 34.5 Å². The minimum atomic E-state index is 0.516. The lowest BCUT2D eigenvalue weighted by Gasteiger charge is -2.29. The lowest BCUT2D eigenvalue weighted by molar-refractivity contribution is 0.0699. The van der Waals surface area contributed by atoms with Gasteiger partial charge in [-0.25, -0.2) is 0 Å². The molecule has 0 radical (unpaired) electrons. The van der Waals surface area contributed by atoms with Gasteiger partial charge in [0.05, 0.1) is 19.8 Å². The number of hydrogen-bond donors (Lipinski definition) is 1. The molecule has 0 bridgehead atoms. The number of nitrogens with zero attached hydrogens (tertiary/aromatic N) is 1. The highest BCUT2D eigenvalue weighted by molar-refractivity contribution is 5.47. The molecule has 2 heterocycles. The number of nitrogens with one attached hydrogen (secondary N) is 1. The average Bonchev–Trinajstić information content (AvgIpc) is 2.55. The van der Waals surface area contributed by atoms with E-state index in [0.717, 1.165) is 46.1 Å². The molecule has 20 heavy (non-hydrogen) atoms. The van der Waals surface area contributed by atoms with Crippen molar-refractivity contribution < 1.29 is 9.47 Å². The summed E-state index contributed by atoms with van der Waals surface area (Å²) in [6.07, 6.45) is 2.40. The molecule has 1 aromatic rings. The van der Waals surface area contributed by atoms with Crippen molar-refractivity contribution in [1.82, 2.24) is 5.32 Å². The highest BCUT2D eigenvalue weighted by Crippen LogP contribution is 2.17. The van der Waals surface area contributed by atoms with Crippen LogP contribution in [0, 0.1) is 0 Å². The van der Waals surface area contributed by atoms with Crippen LogP contribution in [0.1, 0.15) is 18.4 Å². The molecule has 4 nitrogen and oxygen atoms in total. The third-order valence-corrected chi connectivity index (χ3v) is 4.07. The van der Waals surface area contributed by atoms with Gasteiger partial charge in [-0.1, -0.05) is 12.1 Å². The first-order valence-corrected chi connectivity index (χ1v) is 7.64. The van der Waals surface area contributed by atoms with Gasteiger partial charge in [0.2, 0.25) is 0 Å². The first kappa shape index (κ1) is 13.9. The first-order valence-electron chi connectivity index (χ1n) is 7.64. The second-order valence-corrected chi connectivity index (χ2v) is 5.56. The largest absolute Gasteiger partial charge is 0.380 e. The molecule has 0 aromatic heterocycles. The number of anilines is 1. The Hall–Kier alpha value is -1.10. The molecule has 1 unspecified atom stereocenters. The smallest absolute Gasteiger partial charge is 0.0642 e. The number of morpholine rings is 1. The summed E-state index contributed by atoms with van der Waals surface area (Å²) in [5.41, 5.74) is 2.64. The van der Waals surface area contributed by atoms with Gasteiger partial charge in [-0.05, 0) is 30.5 Å². The van der Waals surface area contributed by atoms with Gasteiger partial charge in [-0.2, -0.15) is 0 Å². The van der Waals surface area contributed by atoms with Crippen molar-refractivity contribution in [2.75, 3.05) is 44.4 Å². The van der Waals surface area contributed by atoms with E-state index in [1.807, 2.05) is 0 Å². The van der Waals surface area contributed by atoms with E-state index >= 15 is 0 Å². The number of benzene rings is 1. The summed E-state index contributed by atoms with van der Waals surface area (Å²) in [5.74, 6) is 0. The fraction of sp³-hybridized carbons (Fsp3) is 0.625. The molecular formula is C16H24N2O2. The highest BCUT2D eigenvalue weighted by Gasteiger charge is 2.13. The Morgan fingerprint density at radius 1 is 1.05 bits per heavy atom. The van der Waals surface area contributed by atoms with E-state index in [4.69, 9.17) is 9.47 Å². The summed E-state index contributed by atoms with van der Waals surface area (Å²) < 4.78 is 10.9. The van der Waals surface area contributed by atoms with Crippen LogP contribution < -0.4 is 10.2 Å². The Morgan fingerprint density at radius 3 is 2.55 bits per heavy atom. The zero-order valence-corrected chi connectivity index (χ0v) is 12.0. The van der Waals surface area contributed by atoms with Gasteiger partial charge in [0.1, 0.15) is 0 Å². The molecule has 3 rings (SSSR count). The Morgan fingerprint density at radius 2 is 1.85 bits per heavy atom. The van der Waals surface area contributed by atoms with Gasteiger partial charge in [-0.3, -0.25) is 0 Å². The van der Waals surface area contributed by atoms with Crippen LogP contribution in [-0.2, 0) is 16.0 Å². The second kappa shape index (κ2) is 7.07. The van der Waals surface area contributed by atoms with Crippen LogP contribution in [0.3, 0.4) is 0 Å². The summed E-state index contributed by atoms with van der Waals surface area (Å²) in [7, 11) is 0. The van der Waals surface area contributed by atoms with Crippen molar-refractivity contribution in [1.29, 1.82) is 0 Å². The summed E-state index contributed by atoms with van der Waals surface area (Å²) in [6, 6.07) is 9.41. The number of ether oxygens (including phenoxy) is 2. The average molecular weight is 276 g/mol. The van der Waals surface area contributed by atoms with Crippen molar-refractivity contribution in [2.45, 2.75) is 25.4 Å². The van der Waals surface area contributed by atoms with E-state index in [0.29, 0.717) is 6.04 Å². The molecule has 1 atom stereocenters. The van der Waals surface area contributed by atoms with Gasteiger partial charge >= 0.3 is 0 Å². The molecule has 1 aromatic carbocycles. The van der Waals surface area contributed by atoms with Crippen molar-refractivity contribution in [3.8, 4) is 0 Å². The maximum atomic E-state index is 5.49. The lowest BCUT2D eigenvalue weighted by Crippen LogP contribution is -2.36. The monoisotopic (exact) mass is 276 g/mol. The molecule has 0 aliphatic carbocycles. The second-order valence-electron chi connectivity index (χ2n) is 5.56. The zero-order valence-electron chi connectivity index (χ0n) is 12.0. The van der Waals surface area contributed by atoms with Crippen molar-refractivity contribution in [3.05, 3.63) is 29.8 Å². The number of rotatable bonds is 4. The molecule has 1 N–H and O–H groups in total. The maximum absolute atomic E-state index is 5.49. The van der Waals surface area contributed by atoms with Gasteiger partial charge in [-0.15, -0.1) is 0 Å². The van der Waals surface area contributed by atoms with Gasteiger partial charge < -0.3 is 19.7 Å². The van der Waals surface area contributed by atoms with Gasteiger partial charge in [0, 0.05) is 38.0 Å². The summed E-state index contributed by atoms with van der Waals surface area (Å²) in [4.78, 5) is 2.38. The van der Waals surface area contributed by atoms with Crippen LogP contribution in [0.2, 0.25) is 0 Å². The van der Waals surface area contributed by atoms with Crippen LogP contribution in [0.15, 0.2) is 24.3 Å². The van der Waals surface area contributed by atoms with Crippen molar-refractivity contribution >= 4 is 5.69 Å². The minimum absolute atomic E-state index is 0.516. The van der Waals surface area contributed by atoms with Crippen molar-refractivity contribution in [3.63, 3.8) is 0 Å². The zero-order chi connectivity index (χ0) is 13.6. The number of hydrogen-bond acceptors (Lipinski definition) is 4. The van der Waals surface area contributed by atoms with E-state index in [9.17, 15) is 0 Å². The molecule has 4 heteroatoms. The van der Waals surface area contributed by atoms with Crippen LogP contribution in [-0.4, -0.2) is 45.6 Å². The normalized spacial score (nSPS) is 23.8. The highest BCUT2D eigenvalue weighted by atomic mass is 16.5. The maximum Gasteiger partial charge on any atom is 0.0642 e. The molecule has 2 aliphatic heterocycles. The standard InChI is InChI=1S/C16H24N2O2/c1-2-15(13-20-9-1)17-12-14-3-5-16(6-4-14)18-7-10-19-11-8-18/h3-6,15,17H,1-2,7-13H2.